The highest BCUT2D eigenvalue weighted by molar-refractivity contribution is 7.99. The summed E-state index contributed by atoms with van der Waals surface area (Å²) in [6.45, 7) is 6.28. The summed E-state index contributed by atoms with van der Waals surface area (Å²) in [5.74, 6) is 2.29. The Bertz CT molecular complexity index is 1250. The molecule has 0 unspecified atom stereocenters. The lowest BCUT2D eigenvalue weighted by Crippen LogP contribution is -2.47. The van der Waals surface area contributed by atoms with Crippen molar-refractivity contribution < 1.29 is 14.3 Å². The number of thioether (sulfide) groups is 1. The molecule has 2 fully saturated rings. The highest BCUT2D eigenvalue weighted by Gasteiger charge is 2.27. The van der Waals surface area contributed by atoms with Crippen LogP contribution in [0.2, 0.25) is 0 Å². The van der Waals surface area contributed by atoms with Gasteiger partial charge in [-0.25, -0.2) is 4.98 Å². The molecule has 1 aliphatic carbocycles. The fourth-order valence-electron chi connectivity index (χ4n) is 5.40. The van der Waals surface area contributed by atoms with Gasteiger partial charge in [0.25, 0.3) is 0 Å². The Balaban J connectivity index is 0.932. The summed E-state index contributed by atoms with van der Waals surface area (Å²) >= 11 is 2.00. The number of carbonyl (C=O) groups excluding carboxylic acids is 1. The average Bonchev–Trinajstić information content (AvgIpc) is 3.37. The number of aromatic nitrogens is 1. The molecule has 3 heterocycles. The molecule has 6 nitrogen and oxygen atoms in total. The lowest BCUT2D eigenvalue weighted by Gasteiger charge is -2.37. The van der Waals surface area contributed by atoms with E-state index in [0.29, 0.717) is 12.5 Å². The van der Waals surface area contributed by atoms with E-state index in [1.54, 1.807) is 11.6 Å². The van der Waals surface area contributed by atoms with E-state index in [2.05, 4.69) is 33.0 Å². The van der Waals surface area contributed by atoms with E-state index in [9.17, 15) is 4.79 Å². The second-order valence-electron chi connectivity index (χ2n) is 10.3. The summed E-state index contributed by atoms with van der Waals surface area (Å²) in [5, 5.41) is 1.01. The van der Waals surface area contributed by atoms with Crippen molar-refractivity contribution in [3.8, 4) is 11.6 Å². The Morgan fingerprint density at radius 2 is 1.89 bits per heavy atom. The fraction of sp³-hybridized carbons (Fsp3) is 0.467. The maximum Gasteiger partial charge on any atom is 0.315 e. The minimum atomic E-state index is -0.158. The molecule has 6 rings (SSSR count). The zero-order valence-corrected chi connectivity index (χ0v) is 22.2. The van der Waals surface area contributed by atoms with E-state index in [1.165, 1.54) is 22.8 Å². The Labute approximate surface area is 223 Å². The van der Waals surface area contributed by atoms with Crippen LogP contribution in [0.15, 0.2) is 53.4 Å². The van der Waals surface area contributed by atoms with Crippen LogP contribution in [0.1, 0.15) is 37.7 Å². The number of unbranched alkanes of at least 4 members (excludes halogenated alkanes) is 1. The monoisotopic (exact) mass is 517 g/mol. The van der Waals surface area contributed by atoms with Gasteiger partial charge in [-0.3, -0.25) is 9.69 Å². The summed E-state index contributed by atoms with van der Waals surface area (Å²) < 4.78 is 11.5. The van der Waals surface area contributed by atoms with Crippen molar-refractivity contribution in [2.75, 3.05) is 50.0 Å². The van der Waals surface area contributed by atoms with Crippen molar-refractivity contribution in [3.05, 3.63) is 54.1 Å². The quantitative estimate of drug-likeness (QED) is 0.272. The molecule has 194 valence electrons. The van der Waals surface area contributed by atoms with Crippen molar-refractivity contribution in [1.82, 2.24) is 9.88 Å². The summed E-state index contributed by atoms with van der Waals surface area (Å²) in [6.07, 6.45) is 6.32. The topological polar surface area (TPSA) is 54.9 Å². The van der Waals surface area contributed by atoms with Crippen LogP contribution in [-0.2, 0) is 11.2 Å². The molecule has 0 spiro atoms. The number of pyridine rings is 1. The third-order valence-corrected chi connectivity index (χ3v) is 8.95. The van der Waals surface area contributed by atoms with E-state index in [1.807, 2.05) is 36.0 Å². The molecule has 1 aromatic heterocycles. The Kier molecular flexibility index (Phi) is 7.51. The number of piperazine rings is 1. The molecule has 0 radical (unpaired) electrons. The van der Waals surface area contributed by atoms with Gasteiger partial charge in [-0.15, -0.1) is 11.8 Å². The lowest BCUT2D eigenvalue weighted by atomic mass is 9.86. The molecule has 0 atom stereocenters. The number of esters is 1. The van der Waals surface area contributed by atoms with Crippen LogP contribution in [0.3, 0.4) is 0 Å². The van der Waals surface area contributed by atoms with E-state index < -0.39 is 0 Å². The van der Waals surface area contributed by atoms with Gasteiger partial charge in [0.2, 0.25) is 5.88 Å². The molecule has 3 aliphatic rings. The van der Waals surface area contributed by atoms with Crippen LogP contribution in [0, 0.1) is 5.92 Å². The van der Waals surface area contributed by atoms with Crippen LogP contribution < -0.4 is 14.4 Å². The first-order valence-electron chi connectivity index (χ1n) is 13.7. The molecule has 7 heteroatoms. The van der Waals surface area contributed by atoms with Crippen LogP contribution in [0.5, 0.6) is 11.6 Å². The first kappa shape index (κ1) is 24.6. The fourth-order valence-corrected chi connectivity index (χ4v) is 6.48. The Hall–Kier alpha value is -2.77. The number of ether oxygens (including phenoxy) is 2. The van der Waals surface area contributed by atoms with Gasteiger partial charge in [-0.1, -0.05) is 12.5 Å². The molecule has 0 bridgehead atoms. The number of rotatable bonds is 9. The first-order valence-corrected chi connectivity index (χ1v) is 14.7. The average molecular weight is 518 g/mol. The highest BCUT2D eigenvalue weighted by Crippen LogP contribution is 2.37. The van der Waals surface area contributed by atoms with Gasteiger partial charge in [0, 0.05) is 60.0 Å². The minimum absolute atomic E-state index is 0.0414. The SMILES string of the molecule is O=C(Oc1ccc2ccc(OCCCCN3CCN(c4cccc5c4CCS5)CC3)cc2n1)C1CCC1. The number of nitrogens with zero attached hydrogens (tertiary/aromatic N) is 3. The summed E-state index contributed by atoms with van der Waals surface area (Å²) in [5.41, 5.74) is 3.81. The molecule has 2 aromatic carbocycles. The minimum Gasteiger partial charge on any atom is -0.494 e. The predicted molar refractivity (Wildman–Crippen MR) is 149 cm³/mol. The normalized spacial score (nSPS) is 18.0. The highest BCUT2D eigenvalue weighted by atomic mass is 32.2. The largest absolute Gasteiger partial charge is 0.494 e. The van der Waals surface area contributed by atoms with Crippen LogP contribution in [0.25, 0.3) is 10.9 Å². The molecule has 0 N–H and O–H groups in total. The molecule has 1 saturated heterocycles. The summed E-state index contributed by atoms with van der Waals surface area (Å²) in [4.78, 5) is 23.3. The van der Waals surface area contributed by atoms with Crippen LogP contribution >= 0.6 is 11.8 Å². The smallest absolute Gasteiger partial charge is 0.315 e. The van der Waals surface area contributed by atoms with E-state index in [-0.39, 0.29) is 11.9 Å². The lowest BCUT2D eigenvalue weighted by molar-refractivity contribution is -0.141. The molecule has 1 saturated carbocycles. The maximum absolute atomic E-state index is 12.1. The second-order valence-corrected chi connectivity index (χ2v) is 11.4. The maximum atomic E-state index is 12.1. The number of hydrogen-bond donors (Lipinski definition) is 0. The molecular formula is C30H35N3O3S. The van der Waals surface area contributed by atoms with Crippen LogP contribution in [-0.4, -0.2) is 60.9 Å². The second kappa shape index (κ2) is 11.3. The first-order chi connectivity index (χ1) is 18.2. The number of carbonyl (C=O) groups is 1. The zero-order valence-electron chi connectivity index (χ0n) is 21.4. The van der Waals surface area contributed by atoms with Gasteiger partial charge in [-0.2, -0.15) is 0 Å². The third-order valence-electron chi connectivity index (χ3n) is 7.85. The summed E-state index contributed by atoms with van der Waals surface area (Å²) in [7, 11) is 0. The van der Waals surface area contributed by atoms with Crippen molar-refractivity contribution >= 4 is 34.3 Å². The van der Waals surface area contributed by atoms with Crippen molar-refractivity contribution in [2.45, 2.75) is 43.4 Å². The molecule has 2 aliphatic heterocycles. The van der Waals surface area contributed by atoms with Gasteiger partial charge in [0.1, 0.15) is 5.75 Å². The standard InChI is InChI=1S/C30H35N3O3S/c34-30(23-5-3-6-23)36-29-12-10-22-9-11-24(21-26(22)31-29)35-19-2-1-14-32-15-17-33(18-16-32)27-7-4-8-28-25(27)13-20-37-28/h4,7-12,21,23H,1-3,5-6,13-20H2. The number of benzene rings is 2. The number of anilines is 1. The Morgan fingerprint density at radius 1 is 1.03 bits per heavy atom. The zero-order chi connectivity index (χ0) is 25.0. The van der Waals surface area contributed by atoms with E-state index >= 15 is 0 Å². The van der Waals surface area contributed by atoms with E-state index in [4.69, 9.17) is 9.47 Å². The van der Waals surface area contributed by atoms with Gasteiger partial charge >= 0.3 is 5.97 Å². The van der Waals surface area contributed by atoms with Crippen LogP contribution in [0.4, 0.5) is 5.69 Å². The van der Waals surface area contributed by atoms with Gasteiger partial charge < -0.3 is 14.4 Å². The number of fused-ring (bicyclic) bond motifs is 2. The van der Waals surface area contributed by atoms with E-state index in [0.717, 1.165) is 81.5 Å². The third kappa shape index (κ3) is 5.73. The van der Waals surface area contributed by atoms with Crippen molar-refractivity contribution in [1.29, 1.82) is 0 Å². The Morgan fingerprint density at radius 3 is 2.73 bits per heavy atom. The van der Waals surface area contributed by atoms with Crippen molar-refractivity contribution in [2.24, 2.45) is 5.92 Å². The van der Waals surface area contributed by atoms with Crippen molar-refractivity contribution in [3.63, 3.8) is 0 Å². The molecule has 3 aromatic rings. The number of hydrogen-bond acceptors (Lipinski definition) is 7. The van der Waals surface area contributed by atoms with Gasteiger partial charge in [-0.05, 0) is 74.5 Å². The summed E-state index contributed by atoms with van der Waals surface area (Å²) in [6, 6.07) is 16.4. The molecule has 0 amide bonds. The van der Waals surface area contributed by atoms with Gasteiger partial charge in [0.05, 0.1) is 18.0 Å². The molecule has 37 heavy (non-hydrogen) atoms. The predicted octanol–water partition coefficient (Wildman–Crippen LogP) is 5.57. The molecular weight excluding hydrogens is 482 g/mol. The van der Waals surface area contributed by atoms with Gasteiger partial charge in [0.15, 0.2) is 0 Å².